The average Bonchev–Trinajstić information content (AvgIpc) is 3.59. The molecule has 4 aliphatic rings. The van der Waals surface area contributed by atoms with Gasteiger partial charge in [0, 0.05) is 41.0 Å². The van der Waals surface area contributed by atoms with Gasteiger partial charge >= 0.3 is 5.97 Å². The number of hydrogen-bond donors (Lipinski definition) is 1. The summed E-state index contributed by atoms with van der Waals surface area (Å²) in [6.45, 7) is 3.10. The molecule has 2 aromatic rings. The molecule has 0 amide bonds. The van der Waals surface area contributed by atoms with Crippen LogP contribution in [-0.2, 0) is 11.4 Å². The summed E-state index contributed by atoms with van der Waals surface area (Å²) in [5, 5.41) is 9.05. The Balaban J connectivity index is 1.10. The van der Waals surface area contributed by atoms with E-state index >= 15 is 0 Å². The first kappa shape index (κ1) is 21.7. The summed E-state index contributed by atoms with van der Waals surface area (Å²) in [5.41, 5.74) is 5.01. The Morgan fingerprint density at radius 1 is 1.21 bits per heavy atom. The molecule has 1 saturated heterocycles. The van der Waals surface area contributed by atoms with Crippen molar-refractivity contribution in [3.63, 3.8) is 0 Å². The van der Waals surface area contributed by atoms with Crippen molar-refractivity contribution in [2.75, 3.05) is 26.2 Å². The van der Waals surface area contributed by atoms with Gasteiger partial charge in [-0.2, -0.15) is 0 Å². The Hall–Kier alpha value is -2.83. The van der Waals surface area contributed by atoms with Gasteiger partial charge in [-0.15, -0.1) is 11.3 Å². The molecule has 6 rings (SSSR count). The van der Waals surface area contributed by atoms with Gasteiger partial charge in [-0.25, -0.2) is 0 Å². The van der Waals surface area contributed by atoms with Crippen LogP contribution in [0.5, 0.6) is 11.5 Å². The van der Waals surface area contributed by atoms with E-state index in [1.54, 1.807) is 0 Å². The maximum atomic E-state index is 11.0. The number of thiophene rings is 1. The number of ether oxygens (including phenoxy) is 2. The van der Waals surface area contributed by atoms with E-state index in [1.807, 2.05) is 29.5 Å². The molecule has 3 heterocycles. The summed E-state index contributed by atoms with van der Waals surface area (Å²) < 4.78 is 12.2. The summed E-state index contributed by atoms with van der Waals surface area (Å²) in [4.78, 5) is 16.0. The highest BCUT2D eigenvalue weighted by Gasteiger charge is 2.33. The van der Waals surface area contributed by atoms with E-state index < -0.39 is 5.97 Å². The van der Waals surface area contributed by atoms with Crippen LogP contribution < -0.4 is 9.47 Å². The lowest BCUT2D eigenvalue weighted by Crippen LogP contribution is -2.51. The number of aliphatic carboxylic acids is 1. The molecule has 2 fully saturated rings. The van der Waals surface area contributed by atoms with Gasteiger partial charge < -0.3 is 14.6 Å². The molecule has 34 heavy (non-hydrogen) atoms. The summed E-state index contributed by atoms with van der Waals surface area (Å²) >= 11 is 1.91. The number of allylic oxidation sites excluding steroid dienone is 4. The Labute approximate surface area is 204 Å². The summed E-state index contributed by atoms with van der Waals surface area (Å²) in [6.07, 6.45) is 14.0. The van der Waals surface area contributed by atoms with E-state index in [1.165, 1.54) is 39.3 Å². The minimum absolute atomic E-state index is 0.229. The fourth-order valence-electron chi connectivity index (χ4n) is 4.89. The number of hydrogen-bond acceptors (Lipinski definition) is 5. The molecule has 0 spiro atoms. The molecule has 1 N–H and O–H groups in total. The van der Waals surface area contributed by atoms with Crippen LogP contribution in [0, 0.1) is 5.92 Å². The Bertz CT molecular complexity index is 1200. The van der Waals surface area contributed by atoms with E-state index in [0.717, 1.165) is 42.4 Å². The van der Waals surface area contributed by atoms with Crippen LogP contribution in [0.25, 0.3) is 11.6 Å². The van der Waals surface area contributed by atoms with Crippen molar-refractivity contribution in [3.8, 4) is 11.5 Å². The molecule has 5 nitrogen and oxygen atoms in total. The molecule has 0 radical (unpaired) electrons. The Morgan fingerprint density at radius 3 is 2.85 bits per heavy atom. The highest BCUT2D eigenvalue weighted by Crippen LogP contribution is 2.48. The van der Waals surface area contributed by atoms with Crippen molar-refractivity contribution in [1.29, 1.82) is 0 Å². The lowest BCUT2D eigenvalue weighted by Gasteiger charge is -2.37. The smallest absolute Gasteiger partial charge is 0.309 e. The number of carboxylic acids is 1. The van der Waals surface area contributed by atoms with Crippen LogP contribution in [-0.4, -0.2) is 42.2 Å². The Morgan fingerprint density at radius 2 is 2.09 bits per heavy atom. The zero-order chi connectivity index (χ0) is 23.1. The second kappa shape index (κ2) is 9.08. The number of likely N-dealkylation sites (tertiary alicyclic amines) is 1. The predicted octanol–water partition coefficient (Wildman–Crippen LogP) is 5.73. The third-order valence-electron chi connectivity index (χ3n) is 6.94. The van der Waals surface area contributed by atoms with Crippen molar-refractivity contribution >= 4 is 29.0 Å². The third-order valence-corrected chi connectivity index (χ3v) is 8.21. The second-order valence-electron chi connectivity index (χ2n) is 9.71. The average molecular weight is 476 g/mol. The molecular formula is C28H29NO4S. The fraction of sp³-hybridized carbons (Fsp3) is 0.393. The predicted molar refractivity (Wildman–Crippen MR) is 134 cm³/mol. The topological polar surface area (TPSA) is 59.0 Å². The second-order valence-corrected chi connectivity index (χ2v) is 10.9. The minimum Gasteiger partial charge on any atom is -0.488 e. The van der Waals surface area contributed by atoms with Gasteiger partial charge in [0.05, 0.1) is 5.92 Å². The van der Waals surface area contributed by atoms with Crippen molar-refractivity contribution in [2.24, 2.45) is 5.92 Å². The van der Waals surface area contributed by atoms with Crippen molar-refractivity contribution in [3.05, 3.63) is 68.9 Å². The third kappa shape index (κ3) is 4.57. The van der Waals surface area contributed by atoms with Crippen LogP contribution >= 0.6 is 11.3 Å². The Kier molecular flexibility index (Phi) is 5.79. The van der Waals surface area contributed by atoms with Crippen molar-refractivity contribution < 1.29 is 19.4 Å². The number of rotatable bonds is 8. The zero-order valence-corrected chi connectivity index (χ0v) is 20.0. The molecule has 6 heteroatoms. The first-order chi connectivity index (χ1) is 16.6. The highest BCUT2D eigenvalue weighted by atomic mass is 32.1. The molecule has 1 saturated carbocycles. The molecule has 1 aromatic heterocycles. The number of carboxylic acid groups (broad SMARTS) is 1. The van der Waals surface area contributed by atoms with Crippen LogP contribution in [0.3, 0.4) is 0 Å². The molecule has 176 valence electrons. The fourth-order valence-corrected chi connectivity index (χ4v) is 6.15. The molecule has 1 aromatic carbocycles. The summed E-state index contributed by atoms with van der Waals surface area (Å²) in [5.74, 6) is 1.47. The van der Waals surface area contributed by atoms with Crippen molar-refractivity contribution in [1.82, 2.24) is 4.90 Å². The quantitative estimate of drug-likeness (QED) is 0.528. The van der Waals surface area contributed by atoms with Gasteiger partial charge in [0.25, 0.3) is 0 Å². The van der Waals surface area contributed by atoms with E-state index in [0.29, 0.717) is 26.3 Å². The number of carbonyl (C=O) groups is 1. The number of benzene rings is 1. The van der Waals surface area contributed by atoms with Gasteiger partial charge in [-0.3, -0.25) is 9.69 Å². The molecular weight excluding hydrogens is 446 g/mol. The first-order valence-corrected chi connectivity index (χ1v) is 13.0. The lowest BCUT2D eigenvalue weighted by atomic mass is 9.98. The molecule has 2 aliphatic carbocycles. The standard InChI is InChI=1S/C28H29NO4S/c30-28(31)22-14-29(15-22)13-18-10-21-8-9-23(11-26(21)33-16-18)32-17-24-12-25(19-4-2-1-3-5-19)27(34-24)20-6-7-20/h2,4-5,8-12,20,22H,1,3,6-7,13-17H2,(H,30,31). The SMILES string of the molecule is O=C(O)C1CN(CC2=Cc3ccc(OCc4cc(C5=CCCC=C5)c(C5CC5)s4)cc3OC2)C1. The van der Waals surface area contributed by atoms with Crippen LogP contribution in [0.15, 0.2) is 48.1 Å². The van der Waals surface area contributed by atoms with Crippen LogP contribution in [0.1, 0.15) is 52.5 Å². The highest BCUT2D eigenvalue weighted by molar-refractivity contribution is 7.12. The van der Waals surface area contributed by atoms with Gasteiger partial charge in [0.15, 0.2) is 0 Å². The number of nitrogens with zero attached hydrogens (tertiary/aromatic N) is 1. The monoisotopic (exact) mass is 475 g/mol. The van der Waals surface area contributed by atoms with Gasteiger partial charge in [-0.05, 0) is 72.6 Å². The van der Waals surface area contributed by atoms with Crippen LogP contribution in [0.2, 0.25) is 0 Å². The van der Waals surface area contributed by atoms with E-state index in [2.05, 4.69) is 35.3 Å². The number of fused-ring (bicyclic) bond motifs is 1. The van der Waals surface area contributed by atoms with E-state index in [9.17, 15) is 4.79 Å². The largest absolute Gasteiger partial charge is 0.488 e. The normalized spacial score (nSPS) is 20.1. The first-order valence-electron chi connectivity index (χ1n) is 12.2. The van der Waals surface area contributed by atoms with Gasteiger partial charge in [0.1, 0.15) is 24.7 Å². The zero-order valence-electron chi connectivity index (χ0n) is 19.2. The molecule has 0 bridgehead atoms. The maximum absolute atomic E-state index is 11.0. The minimum atomic E-state index is -0.701. The molecule has 2 aliphatic heterocycles. The summed E-state index contributed by atoms with van der Waals surface area (Å²) in [7, 11) is 0. The van der Waals surface area contributed by atoms with E-state index in [-0.39, 0.29) is 5.92 Å². The summed E-state index contributed by atoms with van der Waals surface area (Å²) in [6, 6.07) is 8.37. The van der Waals surface area contributed by atoms with Crippen molar-refractivity contribution in [2.45, 2.75) is 38.2 Å². The lowest BCUT2D eigenvalue weighted by molar-refractivity contribution is -0.147. The van der Waals surface area contributed by atoms with Gasteiger partial charge in [0.2, 0.25) is 0 Å². The van der Waals surface area contributed by atoms with Crippen LogP contribution in [0.4, 0.5) is 0 Å². The molecule has 0 unspecified atom stereocenters. The van der Waals surface area contributed by atoms with E-state index in [4.69, 9.17) is 14.6 Å². The molecule has 0 atom stereocenters. The van der Waals surface area contributed by atoms with Gasteiger partial charge in [-0.1, -0.05) is 18.2 Å². The maximum Gasteiger partial charge on any atom is 0.309 e.